The lowest BCUT2D eigenvalue weighted by Crippen LogP contribution is -2.68. The normalized spacial score (nSPS) is 31.6. The maximum absolute atomic E-state index is 12.4. The second kappa shape index (κ2) is 4.88. The van der Waals surface area contributed by atoms with Gasteiger partial charge in [-0.1, -0.05) is 6.92 Å². The zero-order valence-electron chi connectivity index (χ0n) is 11.4. The van der Waals surface area contributed by atoms with E-state index in [4.69, 9.17) is 4.74 Å². The van der Waals surface area contributed by atoms with Crippen LogP contribution in [0.4, 0.5) is 0 Å². The van der Waals surface area contributed by atoms with E-state index < -0.39 is 5.54 Å². The molecule has 18 heavy (non-hydrogen) atoms. The van der Waals surface area contributed by atoms with E-state index in [-0.39, 0.29) is 24.0 Å². The number of nitrogens with zero attached hydrogens (tertiary/aromatic N) is 1. The van der Waals surface area contributed by atoms with Crippen LogP contribution in [0, 0.1) is 0 Å². The first-order valence-corrected chi connectivity index (χ1v) is 6.70. The van der Waals surface area contributed by atoms with Gasteiger partial charge in [-0.2, -0.15) is 0 Å². The van der Waals surface area contributed by atoms with E-state index in [1.54, 1.807) is 18.7 Å². The Balaban J connectivity index is 2.15. The Bertz CT molecular complexity index is 348. The minimum Gasteiger partial charge on any atom is -0.376 e. The number of carbonyl (C=O) groups excluding carboxylic acids is 2. The fourth-order valence-corrected chi connectivity index (χ4v) is 2.71. The molecule has 2 rings (SSSR count). The van der Waals surface area contributed by atoms with Crippen LogP contribution in [0.15, 0.2) is 0 Å². The standard InChI is InChI=1S/C13H22N2O3/c1-4-10-11(16)14-13(2,3)12(17)15(10)8-9-6-5-7-18-9/h9-10H,4-8H2,1-3H3,(H,14,16). The lowest BCUT2D eigenvalue weighted by Gasteiger charge is -2.43. The molecule has 2 fully saturated rings. The van der Waals surface area contributed by atoms with Crippen LogP contribution in [-0.4, -0.2) is 47.6 Å². The highest BCUT2D eigenvalue weighted by atomic mass is 16.5. The molecule has 2 aliphatic rings. The molecule has 2 unspecified atom stereocenters. The molecule has 0 aromatic rings. The highest BCUT2D eigenvalue weighted by molar-refractivity contribution is 5.99. The third-order valence-corrected chi connectivity index (χ3v) is 3.72. The summed E-state index contributed by atoms with van der Waals surface area (Å²) in [5.41, 5.74) is -0.804. The number of carbonyl (C=O) groups is 2. The van der Waals surface area contributed by atoms with Gasteiger partial charge in [0.05, 0.1) is 6.10 Å². The van der Waals surface area contributed by atoms with Crippen LogP contribution in [0.5, 0.6) is 0 Å². The van der Waals surface area contributed by atoms with Gasteiger partial charge in [0.25, 0.3) is 0 Å². The van der Waals surface area contributed by atoms with Crippen LogP contribution < -0.4 is 5.32 Å². The smallest absolute Gasteiger partial charge is 0.248 e. The van der Waals surface area contributed by atoms with Crippen LogP contribution in [0.3, 0.4) is 0 Å². The summed E-state index contributed by atoms with van der Waals surface area (Å²) < 4.78 is 5.57. The summed E-state index contributed by atoms with van der Waals surface area (Å²) in [7, 11) is 0. The molecule has 5 nitrogen and oxygen atoms in total. The maximum Gasteiger partial charge on any atom is 0.248 e. The number of nitrogens with one attached hydrogen (secondary N) is 1. The zero-order chi connectivity index (χ0) is 13.3. The molecule has 0 bridgehead atoms. The first-order valence-electron chi connectivity index (χ1n) is 6.70. The van der Waals surface area contributed by atoms with Gasteiger partial charge >= 0.3 is 0 Å². The lowest BCUT2D eigenvalue weighted by atomic mass is 9.95. The van der Waals surface area contributed by atoms with Crippen LogP contribution in [0.25, 0.3) is 0 Å². The predicted molar refractivity (Wildman–Crippen MR) is 67.0 cm³/mol. The van der Waals surface area contributed by atoms with E-state index in [9.17, 15) is 9.59 Å². The van der Waals surface area contributed by atoms with Crippen molar-refractivity contribution in [2.24, 2.45) is 0 Å². The van der Waals surface area contributed by atoms with E-state index in [0.717, 1.165) is 19.4 Å². The maximum atomic E-state index is 12.4. The largest absolute Gasteiger partial charge is 0.376 e. The van der Waals surface area contributed by atoms with Gasteiger partial charge in [0.1, 0.15) is 11.6 Å². The van der Waals surface area contributed by atoms with Gasteiger partial charge in [0, 0.05) is 13.2 Å². The van der Waals surface area contributed by atoms with Gasteiger partial charge in [-0.15, -0.1) is 0 Å². The summed E-state index contributed by atoms with van der Waals surface area (Å²) in [5.74, 6) is -0.0652. The molecule has 2 saturated heterocycles. The lowest BCUT2D eigenvalue weighted by molar-refractivity contribution is -0.155. The number of ether oxygens (including phenoxy) is 1. The van der Waals surface area contributed by atoms with E-state index in [2.05, 4.69) is 5.32 Å². The molecular weight excluding hydrogens is 232 g/mol. The molecule has 102 valence electrons. The third-order valence-electron chi connectivity index (χ3n) is 3.72. The van der Waals surface area contributed by atoms with Crippen LogP contribution in [0.2, 0.25) is 0 Å². The number of hydrogen-bond donors (Lipinski definition) is 1. The van der Waals surface area contributed by atoms with Gasteiger partial charge < -0.3 is 15.0 Å². The Morgan fingerprint density at radius 2 is 2.17 bits per heavy atom. The third kappa shape index (κ3) is 2.36. The number of rotatable bonds is 3. The molecule has 2 amide bonds. The van der Waals surface area contributed by atoms with Crippen LogP contribution >= 0.6 is 0 Å². The van der Waals surface area contributed by atoms with E-state index >= 15 is 0 Å². The summed E-state index contributed by atoms with van der Waals surface area (Å²) in [5, 5.41) is 2.79. The van der Waals surface area contributed by atoms with Crippen LogP contribution in [0.1, 0.15) is 40.0 Å². The van der Waals surface area contributed by atoms with Gasteiger partial charge in [0.2, 0.25) is 11.8 Å². The molecule has 0 radical (unpaired) electrons. The molecule has 0 spiro atoms. The molecule has 0 saturated carbocycles. The Morgan fingerprint density at radius 3 is 2.72 bits per heavy atom. The fraction of sp³-hybridized carbons (Fsp3) is 0.846. The molecule has 1 N–H and O–H groups in total. The fourth-order valence-electron chi connectivity index (χ4n) is 2.71. The van der Waals surface area contributed by atoms with E-state index in [1.807, 2.05) is 6.92 Å². The van der Waals surface area contributed by atoms with Crippen molar-refractivity contribution in [1.82, 2.24) is 10.2 Å². The van der Waals surface area contributed by atoms with E-state index in [0.29, 0.717) is 13.0 Å². The van der Waals surface area contributed by atoms with Gasteiger partial charge in [-0.05, 0) is 33.1 Å². The second-order valence-corrected chi connectivity index (χ2v) is 5.63. The van der Waals surface area contributed by atoms with Crippen molar-refractivity contribution < 1.29 is 14.3 Å². The van der Waals surface area contributed by atoms with Gasteiger partial charge in [-0.25, -0.2) is 0 Å². The molecule has 2 atom stereocenters. The quantitative estimate of drug-likeness (QED) is 0.806. The van der Waals surface area contributed by atoms with Gasteiger partial charge in [-0.3, -0.25) is 9.59 Å². The first-order chi connectivity index (χ1) is 8.45. The Morgan fingerprint density at radius 1 is 1.44 bits per heavy atom. The average Bonchev–Trinajstić information content (AvgIpc) is 2.78. The first kappa shape index (κ1) is 13.3. The Hall–Kier alpha value is -1.10. The summed E-state index contributed by atoms with van der Waals surface area (Å²) >= 11 is 0. The van der Waals surface area contributed by atoms with E-state index in [1.165, 1.54) is 0 Å². The number of piperazine rings is 1. The second-order valence-electron chi connectivity index (χ2n) is 5.63. The SMILES string of the molecule is CCC1C(=O)NC(C)(C)C(=O)N1CC1CCCO1. The summed E-state index contributed by atoms with van der Waals surface area (Å²) in [6, 6.07) is -0.352. The summed E-state index contributed by atoms with van der Waals surface area (Å²) in [6.45, 7) is 6.73. The Kier molecular flexibility index (Phi) is 3.61. The molecular formula is C13H22N2O3. The number of amides is 2. The van der Waals surface area contributed by atoms with Crippen molar-refractivity contribution >= 4 is 11.8 Å². The summed E-state index contributed by atoms with van der Waals surface area (Å²) in [4.78, 5) is 26.1. The molecule has 2 heterocycles. The highest BCUT2D eigenvalue weighted by Gasteiger charge is 2.45. The van der Waals surface area contributed by atoms with Crippen molar-refractivity contribution in [1.29, 1.82) is 0 Å². The molecule has 2 aliphatic heterocycles. The molecule has 0 aromatic carbocycles. The Labute approximate surface area is 108 Å². The predicted octanol–water partition coefficient (Wildman–Crippen LogP) is 0.681. The summed E-state index contributed by atoms with van der Waals surface area (Å²) in [6.07, 6.45) is 2.74. The van der Waals surface area contributed by atoms with Crippen LogP contribution in [-0.2, 0) is 14.3 Å². The monoisotopic (exact) mass is 254 g/mol. The van der Waals surface area contributed by atoms with Crippen molar-refractivity contribution in [2.45, 2.75) is 57.7 Å². The number of hydrogen-bond acceptors (Lipinski definition) is 3. The van der Waals surface area contributed by atoms with Crippen molar-refractivity contribution in [3.05, 3.63) is 0 Å². The van der Waals surface area contributed by atoms with Gasteiger partial charge in [0.15, 0.2) is 0 Å². The molecule has 0 aliphatic carbocycles. The zero-order valence-corrected chi connectivity index (χ0v) is 11.4. The minimum absolute atomic E-state index is 0.00977. The topological polar surface area (TPSA) is 58.6 Å². The highest BCUT2D eigenvalue weighted by Crippen LogP contribution is 2.23. The van der Waals surface area contributed by atoms with Crippen molar-refractivity contribution in [3.63, 3.8) is 0 Å². The van der Waals surface area contributed by atoms with Crippen molar-refractivity contribution in [2.75, 3.05) is 13.2 Å². The molecule has 0 aromatic heterocycles. The average molecular weight is 254 g/mol. The van der Waals surface area contributed by atoms with Crippen molar-refractivity contribution in [3.8, 4) is 0 Å². The minimum atomic E-state index is -0.804. The molecule has 5 heteroatoms.